The van der Waals surface area contributed by atoms with Crippen molar-refractivity contribution in [2.45, 2.75) is 26.4 Å². The lowest BCUT2D eigenvalue weighted by molar-refractivity contribution is -0.148. The van der Waals surface area contributed by atoms with Crippen LogP contribution in [0.5, 0.6) is 0 Å². The van der Waals surface area contributed by atoms with Gasteiger partial charge in [-0.25, -0.2) is 0 Å². The van der Waals surface area contributed by atoms with Gasteiger partial charge in [0, 0.05) is 10.4 Å². The summed E-state index contributed by atoms with van der Waals surface area (Å²) in [4.78, 5) is 16.7. The smallest absolute Gasteiger partial charge is 0.140 e. The molecule has 2 rings (SSSR count). The van der Waals surface area contributed by atoms with E-state index in [9.17, 15) is 4.79 Å². The molecule has 1 aliphatic rings. The Labute approximate surface area is 106 Å². The zero-order valence-corrected chi connectivity index (χ0v) is 10.8. The van der Waals surface area contributed by atoms with Gasteiger partial charge in [0.25, 0.3) is 0 Å². The standard InChI is InChI=1S/C13H16ClNO2/c1-13(2)9-17-15(12(13)8-16)7-10-5-3-4-6-11(10)14/h3-6,8,12H,7,9H2,1-2H3. The average Bonchev–Trinajstić information content (AvgIpc) is 2.57. The minimum Gasteiger partial charge on any atom is -0.302 e. The Morgan fingerprint density at radius 2 is 2.24 bits per heavy atom. The van der Waals surface area contributed by atoms with Crippen LogP contribution in [0, 0.1) is 5.41 Å². The number of halogens is 1. The van der Waals surface area contributed by atoms with E-state index in [1.165, 1.54) is 0 Å². The Bertz CT molecular complexity index is 420. The minimum atomic E-state index is -0.223. The van der Waals surface area contributed by atoms with Gasteiger partial charge >= 0.3 is 0 Å². The van der Waals surface area contributed by atoms with E-state index in [0.29, 0.717) is 18.2 Å². The van der Waals surface area contributed by atoms with Gasteiger partial charge in [-0.1, -0.05) is 43.6 Å². The fourth-order valence-corrected chi connectivity index (χ4v) is 2.19. The predicted octanol–water partition coefficient (Wildman–Crippen LogP) is 2.68. The van der Waals surface area contributed by atoms with E-state index >= 15 is 0 Å². The van der Waals surface area contributed by atoms with Gasteiger partial charge in [-0.3, -0.25) is 4.84 Å². The third-order valence-electron chi connectivity index (χ3n) is 3.13. The molecule has 1 saturated heterocycles. The van der Waals surface area contributed by atoms with Crippen LogP contribution in [0.1, 0.15) is 19.4 Å². The second-order valence-corrected chi connectivity index (χ2v) is 5.42. The summed E-state index contributed by atoms with van der Waals surface area (Å²) in [5.41, 5.74) is 0.821. The monoisotopic (exact) mass is 253 g/mol. The van der Waals surface area contributed by atoms with Gasteiger partial charge in [0.1, 0.15) is 6.29 Å². The fourth-order valence-electron chi connectivity index (χ4n) is 2.00. The van der Waals surface area contributed by atoms with Crippen molar-refractivity contribution in [3.05, 3.63) is 34.9 Å². The topological polar surface area (TPSA) is 29.5 Å². The lowest BCUT2D eigenvalue weighted by Gasteiger charge is -2.24. The highest BCUT2D eigenvalue weighted by atomic mass is 35.5. The van der Waals surface area contributed by atoms with E-state index < -0.39 is 0 Å². The Morgan fingerprint density at radius 3 is 2.88 bits per heavy atom. The number of hydroxylamine groups is 2. The quantitative estimate of drug-likeness (QED) is 0.776. The Hall–Kier alpha value is -0.900. The molecule has 0 aliphatic carbocycles. The number of carbonyl (C=O) groups is 1. The maximum Gasteiger partial charge on any atom is 0.140 e. The Morgan fingerprint density at radius 1 is 1.53 bits per heavy atom. The van der Waals surface area contributed by atoms with E-state index in [-0.39, 0.29) is 11.5 Å². The molecule has 0 N–H and O–H groups in total. The number of aldehydes is 1. The van der Waals surface area contributed by atoms with E-state index in [0.717, 1.165) is 11.8 Å². The molecule has 0 spiro atoms. The maximum atomic E-state index is 11.2. The number of hydrogen-bond acceptors (Lipinski definition) is 3. The summed E-state index contributed by atoms with van der Waals surface area (Å²) in [6.07, 6.45) is 0.948. The van der Waals surface area contributed by atoms with Crippen molar-refractivity contribution in [2.75, 3.05) is 6.61 Å². The molecule has 1 aromatic carbocycles. The van der Waals surface area contributed by atoms with Gasteiger partial charge in [-0.15, -0.1) is 0 Å². The number of nitrogens with zero attached hydrogens (tertiary/aromatic N) is 1. The number of carbonyl (C=O) groups excluding carboxylic acids is 1. The molecule has 0 saturated carbocycles. The second kappa shape index (κ2) is 4.77. The summed E-state index contributed by atoms with van der Waals surface area (Å²) < 4.78 is 0. The van der Waals surface area contributed by atoms with Gasteiger partial charge in [-0.2, -0.15) is 5.06 Å². The predicted molar refractivity (Wildman–Crippen MR) is 66.6 cm³/mol. The Kier molecular flexibility index (Phi) is 3.52. The van der Waals surface area contributed by atoms with Gasteiger partial charge < -0.3 is 4.79 Å². The van der Waals surface area contributed by atoms with Crippen molar-refractivity contribution >= 4 is 17.9 Å². The largest absolute Gasteiger partial charge is 0.302 e. The molecule has 1 aliphatic heterocycles. The summed E-state index contributed by atoms with van der Waals surface area (Å²) in [6, 6.07) is 7.38. The summed E-state index contributed by atoms with van der Waals surface area (Å²) in [5, 5.41) is 2.42. The third kappa shape index (κ3) is 2.51. The highest BCUT2D eigenvalue weighted by Crippen LogP contribution is 2.33. The van der Waals surface area contributed by atoms with Crippen LogP contribution < -0.4 is 0 Å². The van der Waals surface area contributed by atoms with E-state index in [2.05, 4.69) is 0 Å². The molecule has 92 valence electrons. The highest BCUT2D eigenvalue weighted by Gasteiger charge is 2.41. The molecule has 4 heteroatoms. The molecule has 0 bridgehead atoms. The van der Waals surface area contributed by atoms with Crippen molar-refractivity contribution in [3.63, 3.8) is 0 Å². The van der Waals surface area contributed by atoms with Gasteiger partial charge in [0.2, 0.25) is 0 Å². The molecule has 1 unspecified atom stereocenters. The molecule has 0 amide bonds. The summed E-state index contributed by atoms with van der Waals surface area (Å²) in [7, 11) is 0. The maximum absolute atomic E-state index is 11.2. The first kappa shape index (κ1) is 12.6. The van der Waals surface area contributed by atoms with Crippen LogP contribution in [-0.4, -0.2) is 24.0 Å². The SMILES string of the molecule is CC1(C)CON(Cc2ccccc2Cl)C1C=O. The molecule has 0 aromatic heterocycles. The zero-order chi connectivity index (χ0) is 12.5. The van der Waals surface area contributed by atoms with Crippen molar-refractivity contribution in [2.24, 2.45) is 5.41 Å². The molecular formula is C13H16ClNO2. The van der Waals surface area contributed by atoms with Crippen LogP contribution in [0.4, 0.5) is 0 Å². The van der Waals surface area contributed by atoms with Crippen LogP contribution in [0.2, 0.25) is 5.02 Å². The molecule has 0 radical (unpaired) electrons. The minimum absolute atomic E-state index is 0.150. The van der Waals surface area contributed by atoms with Crippen LogP contribution in [0.25, 0.3) is 0 Å². The van der Waals surface area contributed by atoms with Gasteiger partial charge in [-0.05, 0) is 11.6 Å². The third-order valence-corrected chi connectivity index (χ3v) is 3.49. The molecular weight excluding hydrogens is 238 g/mol. The molecule has 1 heterocycles. The normalized spacial score (nSPS) is 23.8. The van der Waals surface area contributed by atoms with Crippen LogP contribution in [0.15, 0.2) is 24.3 Å². The molecule has 1 fully saturated rings. The summed E-state index contributed by atoms with van der Waals surface area (Å²) >= 11 is 6.09. The Balaban J connectivity index is 2.15. The van der Waals surface area contributed by atoms with Crippen molar-refractivity contribution < 1.29 is 9.63 Å². The first-order chi connectivity index (χ1) is 8.04. The average molecular weight is 254 g/mol. The number of rotatable bonds is 3. The van der Waals surface area contributed by atoms with E-state index in [1.54, 1.807) is 5.06 Å². The number of hydrogen-bond donors (Lipinski definition) is 0. The highest BCUT2D eigenvalue weighted by molar-refractivity contribution is 6.31. The molecule has 1 atom stereocenters. The first-order valence-corrected chi connectivity index (χ1v) is 6.00. The lowest BCUT2D eigenvalue weighted by Crippen LogP contribution is -2.37. The van der Waals surface area contributed by atoms with E-state index in [4.69, 9.17) is 16.4 Å². The van der Waals surface area contributed by atoms with Crippen LogP contribution in [0.3, 0.4) is 0 Å². The van der Waals surface area contributed by atoms with Gasteiger partial charge in [0.15, 0.2) is 0 Å². The summed E-state index contributed by atoms with van der Waals surface area (Å²) in [6.45, 7) is 5.14. The van der Waals surface area contributed by atoms with Crippen molar-refractivity contribution in [1.82, 2.24) is 5.06 Å². The first-order valence-electron chi connectivity index (χ1n) is 5.63. The van der Waals surface area contributed by atoms with Crippen molar-refractivity contribution in [1.29, 1.82) is 0 Å². The van der Waals surface area contributed by atoms with Crippen LogP contribution in [-0.2, 0) is 16.2 Å². The lowest BCUT2D eigenvalue weighted by atomic mass is 9.87. The van der Waals surface area contributed by atoms with Crippen molar-refractivity contribution in [3.8, 4) is 0 Å². The van der Waals surface area contributed by atoms with Crippen LogP contribution >= 0.6 is 11.6 Å². The van der Waals surface area contributed by atoms with E-state index in [1.807, 2.05) is 38.1 Å². The number of benzene rings is 1. The van der Waals surface area contributed by atoms with Gasteiger partial charge in [0.05, 0.1) is 19.2 Å². The zero-order valence-electron chi connectivity index (χ0n) is 10.0. The molecule has 1 aromatic rings. The second-order valence-electron chi connectivity index (χ2n) is 5.01. The molecule has 3 nitrogen and oxygen atoms in total. The molecule has 17 heavy (non-hydrogen) atoms. The summed E-state index contributed by atoms with van der Waals surface area (Å²) in [5.74, 6) is 0. The fraction of sp³-hybridized carbons (Fsp3) is 0.462.